The maximum atomic E-state index is 12.1. The summed E-state index contributed by atoms with van der Waals surface area (Å²) >= 11 is 0. The van der Waals surface area contributed by atoms with E-state index in [1.54, 1.807) is 0 Å². The van der Waals surface area contributed by atoms with Gasteiger partial charge in [-0.15, -0.1) is 0 Å². The Morgan fingerprint density at radius 3 is 2.32 bits per heavy atom. The van der Waals surface area contributed by atoms with Crippen LogP contribution in [0.1, 0.15) is 58.3 Å². The highest BCUT2D eigenvalue weighted by Gasteiger charge is 2.28. The molecule has 1 N–H and O–H groups in total. The van der Waals surface area contributed by atoms with Gasteiger partial charge in [-0.1, -0.05) is 19.8 Å². The van der Waals surface area contributed by atoms with E-state index in [0.29, 0.717) is 12.5 Å². The zero-order valence-corrected chi connectivity index (χ0v) is 12.0. The van der Waals surface area contributed by atoms with Gasteiger partial charge in [0.05, 0.1) is 0 Å². The molecule has 2 aliphatic rings. The summed E-state index contributed by atoms with van der Waals surface area (Å²) in [5.74, 6) is 0.581. The van der Waals surface area contributed by atoms with Crippen molar-refractivity contribution >= 4 is 11.8 Å². The predicted molar refractivity (Wildman–Crippen MR) is 74.6 cm³/mol. The van der Waals surface area contributed by atoms with Crippen LogP contribution in [-0.2, 0) is 9.59 Å². The summed E-state index contributed by atoms with van der Waals surface area (Å²) < 4.78 is 0. The van der Waals surface area contributed by atoms with Crippen LogP contribution in [0.25, 0.3) is 0 Å². The summed E-state index contributed by atoms with van der Waals surface area (Å²) in [7, 11) is 0. The van der Waals surface area contributed by atoms with Crippen LogP contribution in [0.5, 0.6) is 0 Å². The van der Waals surface area contributed by atoms with Crippen LogP contribution in [0.4, 0.5) is 0 Å². The number of hydrogen-bond acceptors (Lipinski definition) is 2. The van der Waals surface area contributed by atoms with Crippen molar-refractivity contribution in [2.24, 2.45) is 5.92 Å². The third-order valence-electron chi connectivity index (χ3n) is 4.38. The highest BCUT2D eigenvalue weighted by molar-refractivity contribution is 5.80. The molecule has 0 radical (unpaired) electrons. The van der Waals surface area contributed by atoms with Crippen molar-refractivity contribution in [3.05, 3.63) is 0 Å². The molecular formula is C15H26N2O2. The molecule has 0 atom stereocenters. The molecule has 0 aromatic rings. The average molecular weight is 266 g/mol. The zero-order chi connectivity index (χ0) is 13.7. The molecule has 2 fully saturated rings. The van der Waals surface area contributed by atoms with Crippen LogP contribution in [0.15, 0.2) is 0 Å². The van der Waals surface area contributed by atoms with Gasteiger partial charge in [0.2, 0.25) is 11.8 Å². The summed E-state index contributed by atoms with van der Waals surface area (Å²) in [5.41, 5.74) is 0. The normalized spacial score (nSPS) is 21.6. The minimum atomic E-state index is 0.117. The molecule has 1 saturated heterocycles. The van der Waals surface area contributed by atoms with Gasteiger partial charge in [-0.25, -0.2) is 0 Å². The molecule has 1 saturated carbocycles. The van der Waals surface area contributed by atoms with Crippen molar-refractivity contribution < 1.29 is 9.59 Å². The molecule has 0 spiro atoms. The monoisotopic (exact) mass is 266 g/mol. The van der Waals surface area contributed by atoms with Crippen LogP contribution in [0.3, 0.4) is 0 Å². The van der Waals surface area contributed by atoms with E-state index in [2.05, 4.69) is 5.32 Å². The van der Waals surface area contributed by atoms with Crippen LogP contribution in [-0.4, -0.2) is 35.8 Å². The van der Waals surface area contributed by atoms with Gasteiger partial charge < -0.3 is 10.2 Å². The van der Waals surface area contributed by atoms with Crippen molar-refractivity contribution in [1.29, 1.82) is 0 Å². The topological polar surface area (TPSA) is 49.4 Å². The van der Waals surface area contributed by atoms with Crippen LogP contribution in [0.2, 0.25) is 0 Å². The molecule has 0 aromatic heterocycles. The van der Waals surface area contributed by atoms with Gasteiger partial charge in [0.15, 0.2) is 0 Å². The molecular weight excluding hydrogens is 240 g/mol. The molecule has 19 heavy (non-hydrogen) atoms. The van der Waals surface area contributed by atoms with E-state index in [0.717, 1.165) is 45.2 Å². The van der Waals surface area contributed by atoms with Crippen LogP contribution in [0, 0.1) is 5.92 Å². The number of carbonyl (C=O) groups excluding carboxylic acids is 2. The Bertz CT molecular complexity index is 316. The average Bonchev–Trinajstić information content (AvgIpc) is 2.92. The lowest BCUT2D eigenvalue weighted by atomic mass is 9.95. The van der Waals surface area contributed by atoms with Gasteiger partial charge in [-0.2, -0.15) is 0 Å². The van der Waals surface area contributed by atoms with Gasteiger partial charge in [0.25, 0.3) is 0 Å². The van der Waals surface area contributed by atoms with E-state index in [1.807, 2.05) is 11.8 Å². The number of amides is 2. The maximum Gasteiger partial charge on any atom is 0.223 e. The van der Waals surface area contributed by atoms with Crippen LogP contribution < -0.4 is 5.32 Å². The lowest BCUT2D eigenvalue weighted by Gasteiger charge is -2.32. The number of rotatable bonds is 4. The quantitative estimate of drug-likeness (QED) is 0.847. The second kappa shape index (κ2) is 6.92. The molecule has 0 unspecified atom stereocenters. The van der Waals surface area contributed by atoms with Crippen molar-refractivity contribution in [3.63, 3.8) is 0 Å². The Morgan fingerprint density at radius 2 is 1.74 bits per heavy atom. The molecule has 2 amide bonds. The van der Waals surface area contributed by atoms with Crippen LogP contribution >= 0.6 is 0 Å². The third-order valence-corrected chi connectivity index (χ3v) is 4.38. The number of carbonyl (C=O) groups is 2. The molecule has 4 heteroatoms. The summed E-state index contributed by atoms with van der Waals surface area (Å²) in [6.45, 7) is 3.53. The molecule has 2 rings (SSSR count). The Balaban J connectivity index is 1.72. The van der Waals surface area contributed by atoms with E-state index < -0.39 is 0 Å². The fraction of sp³-hybridized carbons (Fsp3) is 0.867. The number of likely N-dealkylation sites (tertiary alicyclic amines) is 1. The predicted octanol–water partition coefficient (Wildman–Crippen LogP) is 2.08. The zero-order valence-electron chi connectivity index (χ0n) is 12.0. The van der Waals surface area contributed by atoms with E-state index in [1.165, 1.54) is 12.8 Å². The first kappa shape index (κ1) is 14.4. The minimum Gasteiger partial charge on any atom is -0.353 e. The first-order valence-corrected chi connectivity index (χ1v) is 7.79. The standard InChI is InChI=1S/C15H26N2O2/c1-2-5-14(18)17-10-8-12(9-11-17)15(19)16-13-6-3-4-7-13/h12-13H,2-11H2,1H3,(H,16,19). The first-order chi connectivity index (χ1) is 9.20. The number of nitrogens with zero attached hydrogens (tertiary/aromatic N) is 1. The Morgan fingerprint density at radius 1 is 1.11 bits per heavy atom. The number of piperidine rings is 1. The van der Waals surface area contributed by atoms with Gasteiger partial charge in [0.1, 0.15) is 0 Å². The molecule has 108 valence electrons. The lowest BCUT2D eigenvalue weighted by molar-refractivity contribution is -0.135. The molecule has 0 aromatic carbocycles. The largest absolute Gasteiger partial charge is 0.353 e. The van der Waals surface area contributed by atoms with E-state index in [-0.39, 0.29) is 17.7 Å². The Labute approximate surface area is 115 Å². The Hall–Kier alpha value is -1.06. The highest BCUT2D eigenvalue weighted by Crippen LogP contribution is 2.21. The summed E-state index contributed by atoms with van der Waals surface area (Å²) in [4.78, 5) is 25.8. The third kappa shape index (κ3) is 3.95. The SMILES string of the molecule is CCCC(=O)N1CCC(C(=O)NC2CCCC2)CC1. The van der Waals surface area contributed by atoms with Gasteiger partial charge >= 0.3 is 0 Å². The van der Waals surface area contributed by atoms with E-state index in [9.17, 15) is 9.59 Å². The summed E-state index contributed by atoms with van der Waals surface area (Å²) in [6, 6.07) is 0.409. The Kier molecular flexibility index (Phi) is 5.23. The smallest absolute Gasteiger partial charge is 0.223 e. The van der Waals surface area contributed by atoms with Gasteiger partial charge in [-0.3, -0.25) is 9.59 Å². The van der Waals surface area contributed by atoms with Crippen molar-refractivity contribution in [3.8, 4) is 0 Å². The highest BCUT2D eigenvalue weighted by atomic mass is 16.2. The fourth-order valence-electron chi connectivity index (χ4n) is 3.15. The fourth-order valence-corrected chi connectivity index (χ4v) is 3.15. The molecule has 4 nitrogen and oxygen atoms in total. The molecule has 1 heterocycles. The van der Waals surface area contributed by atoms with Crippen molar-refractivity contribution in [2.75, 3.05) is 13.1 Å². The number of nitrogens with one attached hydrogen (secondary N) is 1. The minimum absolute atomic E-state index is 0.117. The van der Waals surface area contributed by atoms with E-state index >= 15 is 0 Å². The molecule has 0 bridgehead atoms. The second-order valence-electron chi connectivity index (χ2n) is 5.90. The lowest BCUT2D eigenvalue weighted by Crippen LogP contribution is -2.44. The molecule has 1 aliphatic carbocycles. The second-order valence-corrected chi connectivity index (χ2v) is 5.90. The van der Waals surface area contributed by atoms with Crippen molar-refractivity contribution in [2.45, 2.75) is 64.3 Å². The molecule has 1 aliphatic heterocycles. The van der Waals surface area contributed by atoms with E-state index in [4.69, 9.17) is 0 Å². The maximum absolute atomic E-state index is 12.1. The summed E-state index contributed by atoms with van der Waals surface area (Å²) in [5, 5.41) is 3.18. The first-order valence-electron chi connectivity index (χ1n) is 7.79. The van der Waals surface area contributed by atoms with Gasteiger partial charge in [-0.05, 0) is 32.1 Å². The van der Waals surface area contributed by atoms with Gasteiger partial charge in [0, 0.05) is 31.5 Å². The summed E-state index contributed by atoms with van der Waals surface area (Å²) in [6.07, 6.45) is 7.96. The van der Waals surface area contributed by atoms with Crippen molar-refractivity contribution in [1.82, 2.24) is 10.2 Å². The number of hydrogen-bond donors (Lipinski definition) is 1.